The number of nitrogens with zero attached hydrogens (tertiary/aromatic N) is 3. The average Bonchev–Trinajstić information content (AvgIpc) is 2.26. The van der Waals surface area contributed by atoms with E-state index in [1.807, 2.05) is 0 Å². The smallest absolute Gasteiger partial charge is 0.351 e. The molecule has 0 bridgehead atoms. The molecule has 0 amide bonds. The van der Waals surface area contributed by atoms with Crippen LogP contribution in [0.2, 0.25) is 0 Å². The maximum absolute atomic E-state index is 13.1. The summed E-state index contributed by atoms with van der Waals surface area (Å²) in [5, 5.41) is -0.591. The van der Waals surface area contributed by atoms with Gasteiger partial charge in [-0.25, -0.2) is 4.90 Å². The van der Waals surface area contributed by atoms with Crippen LogP contribution in [0.5, 0.6) is 0 Å². The van der Waals surface area contributed by atoms with Gasteiger partial charge in [0.25, 0.3) is 0 Å². The first kappa shape index (κ1) is 16.8. The highest BCUT2D eigenvalue weighted by Gasteiger charge is 2.43. The summed E-state index contributed by atoms with van der Waals surface area (Å²) in [4.78, 5) is 0.649. The van der Waals surface area contributed by atoms with E-state index in [9.17, 15) is 35.2 Å². The monoisotopic (exact) mass is 313 g/mol. The third-order valence-corrected chi connectivity index (χ3v) is 2.67. The van der Waals surface area contributed by atoms with Gasteiger partial charge in [-0.1, -0.05) is 4.48 Å². The molecular weight excluding hydrogens is 302 g/mol. The van der Waals surface area contributed by atoms with Crippen LogP contribution in [0.4, 0.5) is 35.2 Å². The van der Waals surface area contributed by atoms with Crippen molar-refractivity contribution in [1.29, 1.82) is 0 Å². The lowest BCUT2D eigenvalue weighted by Gasteiger charge is -2.38. The third kappa shape index (κ3) is 3.87. The predicted molar refractivity (Wildman–Crippen MR) is 52.3 cm³/mol. The van der Waals surface area contributed by atoms with Crippen LogP contribution in [0.15, 0.2) is 11.6 Å². The molecule has 0 aromatic rings. The van der Waals surface area contributed by atoms with Gasteiger partial charge in [0, 0.05) is 33.2 Å². The van der Waals surface area contributed by atoms with Gasteiger partial charge in [-0.3, -0.25) is 0 Å². The van der Waals surface area contributed by atoms with Gasteiger partial charge in [-0.15, -0.1) is 0 Å². The Morgan fingerprint density at radius 1 is 0.950 bits per heavy atom. The first-order valence-electron chi connectivity index (χ1n) is 5.37. The van der Waals surface area contributed by atoms with E-state index >= 15 is 0 Å². The van der Waals surface area contributed by atoms with Crippen molar-refractivity contribution in [2.45, 2.75) is 12.5 Å². The molecule has 1 fully saturated rings. The zero-order valence-corrected chi connectivity index (χ0v) is 10.2. The predicted octanol–water partition coefficient (Wildman–Crippen LogP) is 2.64. The molecule has 1 aliphatic heterocycles. The van der Waals surface area contributed by atoms with E-state index in [-0.39, 0.29) is 4.90 Å². The van der Waals surface area contributed by atoms with Crippen LogP contribution in [-0.2, 0) is 0 Å². The minimum atomic E-state index is -5.41. The molecule has 0 spiro atoms. The molecule has 11 heteroatoms. The SMILES string of the molecule is CN(F)/C(=C(/F)C(F)(F)F)N1CCN(C(F)(F)F)CC1. The van der Waals surface area contributed by atoms with Gasteiger partial charge in [-0.2, -0.15) is 35.9 Å². The minimum Gasteiger partial charge on any atom is -0.351 e. The topological polar surface area (TPSA) is 9.72 Å². The Hall–Kier alpha value is -1.26. The molecule has 20 heavy (non-hydrogen) atoms. The van der Waals surface area contributed by atoms with E-state index < -0.39 is 55.4 Å². The molecule has 1 aliphatic rings. The van der Waals surface area contributed by atoms with Crippen molar-refractivity contribution in [1.82, 2.24) is 14.9 Å². The van der Waals surface area contributed by atoms with Crippen LogP contribution in [0.1, 0.15) is 0 Å². The van der Waals surface area contributed by atoms with Crippen molar-refractivity contribution in [3.63, 3.8) is 0 Å². The highest BCUT2D eigenvalue weighted by molar-refractivity contribution is 5.10. The van der Waals surface area contributed by atoms with Crippen LogP contribution in [0, 0.1) is 0 Å². The van der Waals surface area contributed by atoms with Crippen LogP contribution in [0.25, 0.3) is 0 Å². The third-order valence-electron chi connectivity index (χ3n) is 2.67. The van der Waals surface area contributed by atoms with E-state index in [2.05, 4.69) is 0 Å². The molecule has 0 aromatic heterocycles. The Bertz CT molecular complexity index is 364. The van der Waals surface area contributed by atoms with Crippen molar-refractivity contribution in [2.75, 3.05) is 33.2 Å². The summed E-state index contributed by atoms with van der Waals surface area (Å²) in [6, 6.07) is 0. The van der Waals surface area contributed by atoms with Gasteiger partial charge < -0.3 is 4.90 Å². The summed E-state index contributed by atoms with van der Waals surface area (Å²) in [6.45, 7) is -2.50. The number of hydrogen-bond acceptors (Lipinski definition) is 3. The molecule has 0 radical (unpaired) electrons. The average molecular weight is 313 g/mol. The van der Waals surface area contributed by atoms with E-state index in [1.54, 1.807) is 0 Å². The molecule has 0 N–H and O–H groups in total. The Kier molecular flexibility index (Phi) is 4.72. The Morgan fingerprint density at radius 3 is 1.70 bits per heavy atom. The number of hydrogen-bond donors (Lipinski definition) is 0. The van der Waals surface area contributed by atoms with E-state index in [0.29, 0.717) is 11.9 Å². The molecule has 3 nitrogen and oxygen atoms in total. The molecule has 1 rings (SSSR count). The first-order chi connectivity index (χ1) is 8.94. The summed E-state index contributed by atoms with van der Waals surface area (Å²) in [7, 11) is 0.538. The van der Waals surface area contributed by atoms with Gasteiger partial charge in [0.05, 0.1) is 0 Å². The summed E-state index contributed by atoms with van der Waals surface area (Å²) in [5.74, 6) is -4.10. The number of alkyl halides is 6. The molecule has 118 valence electrons. The second kappa shape index (κ2) is 5.62. The quantitative estimate of drug-likeness (QED) is 0.441. The maximum atomic E-state index is 13.1. The molecule has 1 saturated heterocycles. The number of halogens is 8. The standard InChI is InChI=1S/C9H11F8N3/c1-18(17)7(6(10)8(11,12)13)19-2-4-20(5-3-19)9(14,15)16/h2-5H2,1H3/b7-6-. The maximum Gasteiger partial charge on any atom is 0.460 e. The van der Waals surface area contributed by atoms with Crippen molar-refractivity contribution >= 4 is 0 Å². The van der Waals surface area contributed by atoms with E-state index in [1.165, 1.54) is 0 Å². The van der Waals surface area contributed by atoms with E-state index in [4.69, 9.17) is 0 Å². The lowest BCUT2D eigenvalue weighted by molar-refractivity contribution is -0.252. The van der Waals surface area contributed by atoms with Gasteiger partial charge in [0.15, 0.2) is 5.82 Å². The van der Waals surface area contributed by atoms with Crippen LogP contribution in [-0.4, -0.2) is 60.6 Å². The Labute approximate surface area is 109 Å². The second-order valence-corrected chi connectivity index (χ2v) is 4.05. The normalized spacial score (nSPS) is 19.9. The molecule has 0 unspecified atom stereocenters. The van der Waals surface area contributed by atoms with Crippen molar-refractivity contribution < 1.29 is 35.2 Å². The summed E-state index contributed by atoms with van der Waals surface area (Å²) < 4.78 is 99.9. The van der Waals surface area contributed by atoms with Gasteiger partial charge in [0.1, 0.15) is 0 Å². The molecule has 0 aliphatic carbocycles. The Balaban J connectivity index is 2.89. The molecule has 0 atom stereocenters. The first-order valence-corrected chi connectivity index (χ1v) is 5.37. The van der Waals surface area contributed by atoms with Crippen LogP contribution < -0.4 is 0 Å². The summed E-state index contributed by atoms with van der Waals surface area (Å²) in [5.41, 5.74) is 0. The van der Waals surface area contributed by atoms with Crippen molar-refractivity contribution in [3.05, 3.63) is 11.6 Å². The van der Waals surface area contributed by atoms with Gasteiger partial charge in [-0.05, 0) is 0 Å². The Morgan fingerprint density at radius 2 is 1.40 bits per heavy atom. The fraction of sp³-hybridized carbons (Fsp3) is 0.778. The van der Waals surface area contributed by atoms with Crippen LogP contribution in [0.3, 0.4) is 0 Å². The van der Waals surface area contributed by atoms with Crippen molar-refractivity contribution in [2.24, 2.45) is 0 Å². The van der Waals surface area contributed by atoms with Gasteiger partial charge >= 0.3 is 12.5 Å². The second-order valence-electron chi connectivity index (χ2n) is 4.05. The molecule has 0 aromatic carbocycles. The van der Waals surface area contributed by atoms with E-state index in [0.717, 1.165) is 0 Å². The summed E-state index contributed by atoms with van der Waals surface area (Å²) >= 11 is 0. The zero-order valence-electron chi connectivity index (χ0n) is 10.2. The lowest BCUT2D eigenvalue weighted by atomic mass is 10.3. The largest absolute Gasteiger partial charge is 0.460 e. The number of piperazine rings is 1. The molecule has 1 heterocycles. The minimum absolute atomic E-state index is 0.0604. The zero-order chi connectivity index (χ0) is 15.7. The van der Waals surface area contributed by atoms with Crippen molar-refractivity contribution in [3.8, 4) is 0 Å². The van der Waals surface area contributed by atoms with Gasteiger partial charge in [0.2, 0.25) is 5.83 Å². The fourth-order valence-electron chi connectivity index (χ4n) is 1.77. The van der Waals surface area contributed by atoms with Crippen LogP contribution >= 0.6 is 0 Å². The highest BCUT2D eigenvalue weighted by atomic mass is 19.4. The number of rotatable bonds is 2. The molecular formula is C9H11F8N3. The summed E-state index contributed by atoms with van der Waals surface area (Å²) in [6.07, 6.45) is -10.0. The highest BCUT2D eigenvalue weighted by Crippen LogP contribution is 2.33. The fourth-order valence-corrected chi connectivity index (χ4v) is 1.77. The molecule has 0 saturated carbocycles. The number of allylic oxidation sites excluding steroid dienone is 1. The lowest BCUT2D eigenvalue weighted by Crippen LogP contribution is -2.52.